The second kappa shape index (κ2) is 3.59. The van der Waals surface area contributed by atoms with Crippen LogP contribution in [-0.4, -0.2) is 17.5 Å². The minimum atomic E-state index is -4.59. The summed E-state index contributed by atoms with van der Waals surface area (Å²) < 4.78 is 55.3. The molecule has 0 saturated heterocycles. The molecule has 0 atom stereocenters. The van der Waals surface area contributed by atoms with Gasteiger partial charge in [0.2, 0.25) is 0 Å². The number of hydrogen-bond donors (Lipinski definition) is 0. The van der Waals surface area contributed by atoms with E-state index in [-0.39, 0.29) is 0 Å². The topological polar surface area (TPSA) is 9.23 Å². The molecule has 0 N–H and O–H groups in total. The summed E-state index contributed by atoms with van der Waals surface area (Å²) in [7, 11) is 0. The molecule has 1 nitrogen and oxygen atoms in total. The summed E-state index contributed by atoms with van der Waals surface area (Å²) in [6.45, 7) is -3.73. The number of halogens is 6. The Morgan fingerprint density at radius 1 is 1.40 bits per heavy atom. The summed E-state index contributed by atoms with van der Waals surface area (Å²) >= 11 is 8.99. The van der Waals surface area contributed by atoms with Crippen LogP contribution in [0, 0.1) is 0 Å². The molecule has 0 aromatic carbocycles. The first kappa shape index (κ1) is 8.36. The van der Waals surface area contributed by atoms with Crippen molar-refractivity contribution in [3.63, 3.8) is 0 Å². The number of alkyl halides is 6. The third-order valence-electron chi connectivity index (χ3n) is 0.457. The zero-order chi connectivity index (χ0) is 9.28. The maximum atomic E-state index is 12.0. The van der Waals surface area contributed by atoms with E-state index in [0.29, 0.717) is 0 Å². The van der Waals surface area contributed by atoms with Gasteiger partial charge in [-0.2, -0.15) is 17.6 Å². The Kier molecular flexibility index (Phi) is 3.00. The first-order valence-corrected chi connectivity index (χ1v) is 2.64. The summed E-state index contributed by atoms with van der Waals surface area (Å²) in [6, 6.07) is 0. The molecule has 0 radical (unpaired) electrons. The van der Waals surface area contributed by atoms with Crippen LogP contribution >= 0.6 is 23.2 Å². The van der Waals surface area contributed by atoms with E-state index >= 15 is 0 Å². The van der Waals surface area contributed by atoms with Crippen molar-refractivity contribution in [2.24, 2.45) is 0 Å². The lowest BCUT2D eigenvalue weighted by Crippen LogP contribution is -2.30. The van der Waals surface area contributed by atoms with Crippen LogP contribution in [0.2, 0.25) is 0 Å². The lowest BCUT2D eigenvalue weighted by molar-refractivity contribution is -0.311. The van der Waals surface area contributed by atoms with Gasteiger partial charge in [-0.1, -0.05) is 23.2 Å². The van der Waals surface area contributed by atoms with E-state index < -0.39 is 17.5 Å². The number of rotatable bonds is 3. The van der Waals surface area contributed by atoms with Gasteiger partial charge in [0, 0.05) is 0 Å². The Morgan fingerprint density at radius 3 is 1.90 bits per heavy atom. The Hall–Kier alpha value is 0.260. The molecule has 0 amide bonds. The number of ether oxygens (including phenoxy) is 1. The van der Waals surface area contributed by atoms with Crippen LogP contribution in [-0.2, 0) is 4.74 Å². The van der Waals surface area contributed by atoms with Crippen LogP contribution in [0.15, 0.2) is 0 Å². The van der Waals surface area contributed by atoms with E-state index in [9.17, 15) is 17.6 Å². The molecule has 7 heteroatoms. The molecular formula is C3H2Cl2F4O. The average Bonchev–Trinajstić information content (AvgIpc) is 1.56. The molecule has 0 aliphatic heterocycles. The minimum Gasteiger partial charge on any atom is -0.256 e. The fourth-order valence-electron chi connectivity index (χ4n) is 0.156. The highest BCUT2D eigenvalue weighted by molar-refractivity contribution is 6.44. The monoisotopic (exact) mass is 201 g/mol. The molecule has 0 aromatic rings. The SMILES string of the molecule is [2H]C(Cl)(Cl)C(F)(F)OC(F)F. The lowest BCUT2D eigenvalue weighted by atomic mass is 10.7. The first-order chi connectivity index (χ1) is 4.67. The van der Waals surface area contributed by atoms with Gasteiger partial charge in [0.1, 0.15) is 0 Å². The van der Waals surface area contributed by atoms with Gasteiger partial charge in [-0.3, -0.25) is 4.74 Å². The van der Waals surface area contributed by atoms with Crippen molar-refractivity contribution in [1.29, 1.82) is 0 Å². The molecule has 10 heavy (non-hydrogen) atoms. The summed E-state index contributed by atoms with van der Waals surface area (Å²) in [5.41, 5.74) is 0. The Labute approximate surface area is 65.3 Å². The van der Waals surface area contributed by atoms with E-state index in [0.717, 1.165) is 0 Å². The van der Waals surface area contributed by atoms with E-state index in [4.69, 9.17) is 1.37 Å². The Morgan fingerprint density at radius 2 is 1.80 bits per heavy atom. The van der Waals surface area contributed by atoms with Gasteiger partial charge in [0.15, 0.2) is 4.81 Å². The molecule has 0 bridgehead atoms. The smallest absolute Gasteiger partial charge is 0.256 e. The Bertz CT molecular complexity index is 136. The molecular weight excluding hydrogens is 199 g/mol. The second-order valence-electron chi connectivity index (χ2n) is 1.16. The van der Waals surface area contributed by atoms with Crippen molar-refractivity contribution in [3.05, 3.63) is 0 Å². The van der Waals surface area contributed by atoms with Crippen LogP contribution in [0.25, 0.3) is 0 Å². The molecule has 0 aliphatic carbocycles. The predicted octanol–water partition coefficient (Wildman–Crippen LogP) is 2.62. The molecule has 0 fully saturated rings. The molecule has 0 saturated carbocycles. The van der Waals surface area contributed by atoms with Crippen molar-refractivity contribution < 1.29 is 23.7 Å². The molecule has 0 spiro atoms. The Balaban J connectivity index is 4.22. The van der Waals surface area contributed by atoms with Crippen molar-refractivity contribution in [1.82, 2.24) is 0 Å². The summed E-state index contributed by atoms with van der Waals surface area (Å²) in [6.07, 6.45) is -4.59. The lowest BCUT2D eigenvalue weighted by Gasteiger charge is -2.15. The molecule has 0 unspecified atom stereocenters. The molecule has 0 rings (SSSR count). The second-order valence-corrected chi connectivity index (χ2v) is 2.11. The normalized spacial score (nSPS) is 15.7. The van der Waals surface area contributed by atoms with E-state index in [1.165, 1.54) is 0 Å². The van der Waals surface area contributed by atoms with E-state index in [1.807, 2.05) is 0 Å². The largest absolute Gasteiger partial charge is 0.390 e. The quantitative estimate of drug-likeness (QED) is 0.504. The number of hydrogen-bond acceptors (Lipinski definition) is 1. The average molecular weight is 202 g/mol. The summed E-state index contributed by atoms with van der Waals surface area (Å²) in [5, 5.41) is 0. The molecule has 0 heterocycles. The van der Waals surface area contributed by atoms with Gasteiger partial charge < -0.3 is 0 Å². The predicted molar refractivity (Wildman–Crippen MR) is 27.5 cm³/mol. The van der Waals surface area contributed by atoms with Crippen LogP contribution in [0.5, 0.6) is 0 Å². The van der Waals surface area contributed by atoms with Gasteiger partial charge in [0.05, 0.1) is 1.37 Å². The summed E-state index contributed by atoms with van der Waals surface area (Å²) in [5.74, 6) is 0. The van der Waals surface area contributed by atoms with E-state index in [1.54, 1.807) is 0 Å². The fourth-order valence-corrected chi connectivity index (χ4v) is 0.246. The van der Waals surface area contributed by atoms with Crippen molar-refractivity contribution in [2.75, 3.05) is 0 Å². The zero-order valence-corrected chi connectivity index (χ0v) is 5.77. The van der Waals surface area contributed by atoms with Crippen LogP contribution in [0.3, 0.4) is 0 Å². The molecule has 0 aromatic heterocycles. The fraction of sp³-hybridized carbons (Fsp3) is 1.00. The highest BCUT2D eigenvalue weighted by atomic mass is 35.5. The van der Waals surface area contributed by atoms with Crippen LogP contribution in [0.1, 0.15) is 1.37 Å². The minimum absolute atomic E-state index is 2.68. The van der Waals surface area contributed by atoms with E-state index in [2.05, 4.69) is 27.9 Å². The van der Waals surface area contributed by atoms with Crippen LogP contribution < -0.4 is 0 Å². The van der Waals surface area contributed by atoms with Gasteiger partial charge in [-0.25, -0.2) is 0 Å². The maximum Gasteiger partial charge on any atom is 0.390 e. The van der Waals surface area contributed by atoms with Crippen molar-refractivity contribution in [2.45, 2.75) is 17.5 Å². The third kappa shape index (κ3) is 3.43. The summed E-state index contributed by atoms with van der Waals surface area (Å²) in [4.78, 5) is -3.41. The third-order valence-corrected chi connectivity index (χ3v) is 0.897. The first-order valence-electron chi connectivity index (χ1n) is 2.38. The van der Waals surface area contributed by atoms with Gasteiger partial charge in [-0.15, -0.1) is 0 Å². The highest BCUT2D eigenvalue weighted by Crippen LogP contribution is 2.29. The standard InChI is InChI=1S/C3H2Cl2F4O/c4-1(5)3(8,9)10-2(6)7/h1-2H/i1D. The highest BCUT2D eigenvalue weighted by Gasteiger charge is 2.41. The van der Waals surface area contributed by atoms with Crippen molar-refractivity contribution >= 4 is 23.2 Å². The van der Waals surface area contributed by atoms with Crippen molar-refractivity contribution in [3.8, 4) is 0 Å². The molecule has 0 aliphatic rings. The van der Waals surface area contributed by atoms with Crippen LogP contribution in [0.4, 0.5) is 17.6 Å². The van der Waals surface area contributed by atoms with Gasteiger partial charge in [-0.05, 0) is 0 Å². The molecule has 62 valence electrons. The zero-order valence-electron chi connectivity index (χ0n) is 5.25. The van der Waals surface area contributed by atoms with Gasteiger partial charge in [0.25, 0.3) is 0 Å². The maximum absolute atomic E-state index is 12.0. The van der Waals surface area contributed by atoms with Gasteiger partial charge >= 0.3 is 12.7 Å².